The molecule has 0 radical (unpaired) electrons. The van der Waals surface area contributed by atoms with E-state index in [1.165, 1.54) is 24.3 Å². The summed E-state index contributed by atoms with van der Waals surface area (Å²) >= 11 is 0. The van der Waals surface area contributed by atoms with Crippen LogP contribution in [0.4, 0.5) is 8.78 Å². The summed E-state index contributed by atoms with van der Waals surface area (Å²) in [6.45, 7) is 0. The summed E-state index contributed by atoms with van der Waals surface area (Å²) in [5.74, 6) is -0.923. The highest BCUT2D eigenvalue weighted by Gasteiger charge is 2.11. The molecule has 0 saturated carbocycles. The lowest BCUT2D eigenvalue weighted by molar-refractivity contribution is 0.476. The summed E-state index contributed by atoms with van der Waals surface area (Å²) in [6, 6.07) is 7.90. The van der Waals surface area contributed by atoms with Crippen LogP contribution in [0.25, 0.3) is 22.4 Å². The number of phenols is 1. The Morgan fingerprint density at radius 2 is 1.89 bits per heavy atom. The molecule has 0 bridgehead atoms. The van der Waals surface area contributed by atoms with Crippen molar-refractivity contribution < 1.29 is 13.9 Å². The van der Waals surface area contributed by atoms with Crippen LogP contribution in [0.5, 0.6) is 5.75 Å². The van der Waals surface area contributed by atoms with Gasteiger partial charge in [-0.05, 0) is 24.3 Å². The number of hydrogen-bond acceptors (Lipinski definition) is 2. The molecule has 0 atom stereocenters. The molecule has 0 aliphatic heterocycles. The molecule has 3 nitrogen and oxygen atoms in total. The molecule has 0 aliphatic carbocycles. The van der Waals surface area contributed by atoms with E-state index in [0.717, 1.165) is 6.07 Å². The van der Waals surface area contributed by atoms with E-state index in [9.17, 15) is 13.9 Å². The SMILES string of the molecule is Oc1ccc2nc(-c3ccc(F)cc3F)[nH]c2c1. The molecular weight excluding hydrogens is 238 g/mol. The Morgan fingerprint density at radius 1 is 1.06 bits per heavy atom. The Kier molecular flexibility index (Phi) is 2.26. The van der Waals surface area contributed by atoms with Gasteiger partial charge in [0, 0.05) is 12.1 Å². The lowest BCUT2D eigenvalue weighted by Gasteiger charge is -1.98. The van der Waals surface area contributed by atoms with Gasteiger partial charge in [0.15, 0.2) is 0 Å². The van der Waals surface area contributed by atoms with Gasteiger partial charge in [-0.25, -0.2) is 13.8 Å². The third-order valence-electron chi connectivity index (χ3n) is 2.65. The third kappa shape index (κ3) is 1.69. The number of aromatic hydroxyl groups is 1. The van der Waals surface area contributed by atoms with Crippen LogP contribution in [0, 0.1) is 11.6 Å². The van der Waals surface area contributed by atoms with Crippen molar-refractivity contribution in [3.05, 3.63) is 48.0 Å². The minimum atomic E-state index is -0.682. The van der Waals surface area contributed by atoms with E-state index in [2.05, 4.69) is 9.97 Å². The predicted molar refractivity (Wildman–Crippen MR) is 63.1 cm³/mol. The number of nitrogens with one attached hydrogen (secondary N) is 1. The lowest BCUT2D eigenvalue weighted by atomic mass is 10.2. The molecule has 5 heteroatoms. The van der Waals surface area contributed by atoms with Crippen LogP contribution in [0.15, 0.2) is 36.4 Å². The number of phenolic OH excluding ortho intramolecular Hbond substituents is 1. The first-order valence-electron chi connectivity index (χ1n) is 5.27. The number of aromatic nitrogens is 2. The fourth-order valence-electron chi connectivity index (χ4n) is 1.81. The first-order valence-corrected chi connectivity index (χ1v) is 5.27. The molecule has 2 aromatic carbocycles. The summed E-state index contributed by atoms with van der Waals surface area (Å²) in [6.07, 6.45) is 0. The van der Waals surface area contributed by atoms with E-state index < -0.39 is 11.6 Å². The second-order valence-corrected chi connectivity index (χ2v) is 3.91. The van der Waals surface area contributed by atoms with Crippen molar-refractivity contribution in [1.82, 2.24) is 9.97 Å². The Bertz CT molecular complexity index is 737. The smallest absolute Gasteiger partial charge is 0.141 e. The highest BCUT2D eigenvalue weighted by Crippen LogP contribution is 2.25. The van der Waals surface area contributed by atoms with Crippen LogP contribution in [0.3, 0.4) is 0 Å². The summed E-state index contributed by atoms with van der Waals surface area (Å²) in [7, 11) is 0. The van der Waals surface area contributed by atoms with Crippen molar-refractivity contribution in [2.24, 2.45) is 0 Å². The van der Waals surface area contributed by atoms with Crippen LogP contribution in [0.2, 0.25) is 0 Å². The molecule has 0 fully saturated rings. The van der Waals surface area contributed by atoms with Gasteiger partial charge in [-0.3, -0.25) is 0 Å². The summed E-state index contributed by atoms with van der Waals surface area (Å²) in [4.78, 5) is 7.06. The number of aromatic amines is 1. The van der Waals surface area contributed by atoms with Gasteiger partial charge in [0.05, 0.1) is 16.6 Å². The van der Waals surface area contributed by atoms with E-state index >= 15 is 0 Å². The van der Waals surface area contributed by atoms with Crippen molar-refractivity contribution in [1.29, 1.82) is 0 Å². The van der Waals surface area contributed by atoms with Crippen molar-refractivity contribution >= 4 is 11.0 Å². The van der Waals surface area contributed by atoms with Crippen LogP contribution >= 0.6 is 0 Å². The van der Waals surface area contributed by atoms with E-state index in [1.807, 2.05) is 0 Å². The molecule has 0 spiro atoms. The Balaban J connectivity index is 2.19. The molecule has 1 aromatic heterocycles. The predicted octanol–water partition coefficient (Wildman–Crippen LogP) is 3.21. The molecule has 1 heterocycles. The largest absolute Gasteiger partial charge is 0.508 e. The zero-order chi connectivity index (χ0) is 12.7. The number of hydrogen-bond donors (Lipinski definition) is 2. The van der Waals surface area contributed by atoms with Crippen molar-refractivity contribution in [2.75, 3.05) is 0 Å². The molecule has 0 amide bonds. The highest BCUT2D eigenvalue weighted by atomic mass is 19.1. The number of nitrogens with zero attached hydrogens (tertiary/aromatic N) is 1. The van der Waals surface area contributed by atoms with Crippen LogP contribution in [-0.2, 0) is 0 Å². The number of rotatable bonds is 1. The number of fused-ring (bicyclic) bond motifs is 1. The van der Waals surface area contributed by atoms with Gasteiger partial charge < -0.3 is 10.1 Å². The average molecular weight is 246 g/mol. The first kappa shape index (κ1) is 10.7. The number of benzene rings is 2. The van der Waals surface area contributed by atoms with E-state index in [0.29, 0.717) is 16.9 Å². The standard InChI is InChI=1S/C13H8F2N2O/c14-7-1-3-9(10(15)5-7)13-16-11-4-2-8(18)6-12(11)17-13/h1-6,18H,(H,16,17). The zero-order valence-corrected chi connectivity index (χ0v) is 9.11. The minimum absolute atomic E-state index is 0.0947. The molecule has 0 unspecified atom stereocenters. The fraction of sp³-hybridized carbons (Fsp3) is 0. The van der Waals surface area contributed by atoms with Gasteiger partial charge in [0.2, 0.25) is 0 Å². The second kappa shape index (κ2) is 3.80. The first-order chi connectivity index (χ1) is 8.63. The number of halogens is 2. The fourth-order valence-corrected chi connectivity index (χ4v) is 1.81. The van der Waals surface area contributed by atoms with E-state index in [1.54, 1.807) is 6.07 Å². The minimum Gasteiger partial charge on any atom is -0.508 e. The van der Waals surface area contributed by atoms with Crippen LogP contribution in [-0.4, -0.2) is 15.1 Å². The zero-order valence-electron chi connectivity index (χ0n) is 9.11. The van der Waals surface area contributed by atoms with Gasteiger partial charge in [-0.1, -0.05) is 0 Å². The van der Waals surface area contributed by atoms with Gasteiger partial charge in [-0.2, -0.15) is 0 Å². The molecular formula is C13H8F2N2O. The topological polar surface area (TPSA) is 48.9 Å². The molecule has 0 saturated heterocycles. The molecule has 0 aliphatic rings. The van der Waals surface area contributed by atoms with Crippen molar-refractivity contribution in [2.45, 2.75) is 0 Å². The van der Waals surface area contributed by atoms with Crippen LogP contribution in [0.1, 0.15) is 0 Å². The van der Waals surface area contributed by atoms with Crippen molar-refractivity contribution in [3.63, 3.8) is 0 Å². The molecule has 18 heavy (non-hydrogen) atoms. The normalized spacial score (nSPS) is 11.0. The third-order valence-corrected chi connectivity index (χ3v) is 2.65. The number of imidazole rings is 1. The lowest BCUT2D eigenvalue weighted by Crippen LogP contribution is -1.87. The van der Waals surface area contributed by atoms with Gasteiger partial charge in [-0.15, -0.1) is 0 Å². The monoisotopic (exact) mass is 246 g/mol. The summed E-state index contributed by atoms with van der Waals surface area (Å²) in [5.41, 5.74) is 1.38. The maximum atomic E-state index is 13.6. The summed E-state index contributed by atoms with van der Waals surface area (Å²) < 4.78 is 26.4. The number of H-pyrrole nitrogens is 1. The maximum Gasteiger partial charge on any atom is 0.141 e. The Labute approximate surface area is 101 Å². The molecule has 3 aromatic rings. The van der Waals surface area contributed by atoms with E-state index in [4.69, 9.17) is 0 Å². The molecule has 90 valence electrons. The van der Waals surface area contributed by atoms with Gasteiger partial charge in [0.25, 0.3) is 0 Å². The Hall–Kier alpha value is -2.43. The van der Waals surface area contributed by atoms with Gasteiger partial charge in [0.1, 0.15) is 23.2 Å². The average Bonchev–Trinajstić information content (AvgIpc) is 2.71. The molecule has 2 N–H and O–H groups in total. The van der Waals surface area contributed by atoms with Crippen LogP contribution < -0.4 is 0 Å². The highest BCUT2D eigenvalue weighted by molar-refractivity contribution is 5.80. The van der Waals surface area contributed by atoms with Crippen molar-refractivity contribution in [3.8, 4) is 17.1 Å². The second-order valence-electron chi connectivity index (χ2n) is 3.91. The maximum absolute atomic E-state index is 13.6. The van der Waals surface area contributed by atoms with E-state index in [-0.39, 0.29) is 11.3 Å². The molecule has 3 rings (SSSR count). The van der Waals surface area contributed by atoms with Gasteiger partial charge >= 0.3 is 0 Å². The summed E-state index contributed by atoms with van der Waals surface area (Å²) in [5, 5.41) is 9.33. The quantitative estimate of drug-likeness (QED) is 0.692. The Morgan fingerprint density at radius 3 is 2.67 bits per heavy atom.